The molecule has 2 aliphatic rings. The number of fused-ring (bicyclic) bond motifs is 1. The number of H-pyrrole nitrogens is 1. The molecule has 1 aromatic heterocycles. The van der Waals surface area contributed by atoms with Crippen LogP contribution in [0.1, 0.15) is 50.6 Å². The summed E-state index contributed by atoms with van der Waals surface area (Å²) in [6, 6.07) is 0.771. The van der Waals surface area contributed by atoms with Gasteiger partial charge in [0.1, 0.15) is 0 Å². The maximum Gasteiger partial charge on any atom is 0.0921 e. The van der Waals surface area contributed by atoms with Gasteiger partial charge >= 0.3 is 0 Å². The summed E-state index contributed by atoms with van der Waals surface area (Å²) in [5.41, 5.74) is 1.24. The van der Waals surface area contributed by atoms with Crippen LogP contribution in [0.5, 0.6) is 0 Å². The van der Waals surface area contributed by atoms with Gasteiger partial charge in [0.2, 0.25) is 0 Å². The van der Waals surface area contributed by atoms with E-state index in [2.05, 4.69) is 15.3 Å². The summed E-state index contributed by atoms with van der Waals surface area (Å²) in [6.45, 7) is 1.09. The molecule has 3 unspecified atom stereocenters. The van der Waals surface area contributed by atoms with Crippen LogP contribution in [0.15, 0.2) is 12.5 Å². The summed E-state index contributed by atoms with van der Waals surface area (Å²) in [5.74, 6) is 2.08. The monoisotopic (exact) mass is 247 g/mol. The maximum absolute atomic E-state index is 4.06. The van der Waals surface area contributed by atoms with E-state index in [1.54, 1.807) is 6.33 Å². The van der Waals surface area contributed by atoms with Crippen molar-refractivity contribution in [2.24, 2.45) is 11.8 Å². The van der Waals surface area contributed by atoms with Crippen LogP contribution >= 0.6 is 0 Å². The molecule has 0 radical (unpaired) electrons. The van der Waals surface area contributed by atoms with Crippen molar-refractivity contribution in [2.45, 2.75) is 57.4 Å². The fourth-order valence-corrected chi connectivity index (χ4v) is 3.89. The van der Waals surface area contributed by atoms with E-state index in [-0.39, 0.29) is 0 Å². The van der Waals surface area contributed by atoms with E-state index in [9.17, 15) is 0 Å². The van der Waals surface area contributed by atoms with Crippen molar-refractivity contribution >= 4 is 0 Å². The first-order chi connectivity index (χ1) is 8.92. The molecule has 3 rings (SSSR count). The quantitative estimate of drug-likeness (QED) is 0.859. The molecule has 0 aliphatic heterocycles. The summed E-state index contributed by atoms with van der Waals surface area (Å²) in [7, 11) is 0. The number of nitrogens with one attached hydrogen (secondary N) is 2. The molecule has 1 heterocycles. The predicted octanol–water partition coefficient (Wildman–Crippen LogP) is 2.90. The molecular weight excluding hydrogens is 222 g/mol. The van der Waals surface area contributed by atoms with Crippen molar-refractivity contribution in [2.75, 3.05) is 6.54 Å². The van der Waals surface area contributed by atoms with E-state index in [1.165, 1.54) is 50.6 Å². The highest BCUT2D eigenvalue weighted by molar-refractivity contribution is 4.95. The van der Waals surface area contributed by atoms with Crippen molar-refractivity contribution in [3.8, 4) is 0 Å². The highest BCUT2D eigenvalue weighted by Crippen LogP contribution is 2.40. The van der Waals surface area contributed by atoms with E-state index >= 15 is 0 Å². The van der Waals surface area contributed by atoms with Gasteiger partial charge in [-0.25, -0.2) is 4.98 Å². The van der Waals surface area contributed by atoms with Gasteiger partial charge in [-0.15, -0.1) is 0 Å². The second-order valence-corrected chi connectivity index (χ2v) is 6.10. The molecule has 3 nitrogen and oxygen atoms in total. The van der Waals surface area contributed by atoms with E-state index in [0.717, 1.165) is 30.8 Å². The zero-order valence-electron chi connectivity index (χ0n) is 11.2. The van der Waals surface area contributed by atoms with E-state index < -0.39 is 0 Å². The van der Waals surface area contributed by atoms with E-state index in [0.29, 0.717) is 0 Å². The van der Waals surface area contributed by atoms with Crippen molar-refractivity contribution < 1.29 is 0 Å². The van der Waals surface area contributed by atoms with Gasteiger partial charge in [-0.1, -0.05) is 25.7 Å². The lowest BCUT2D eigenvalue weighted by molar-refractivity contribution is 0.144. The number of hydrogen-bond acceptors (Lipinski definition) is 2. The summed E-state index contributed by atoms with van der Waals surface area (Å²) < 4.78 is 0. The highest BCUT2D eigenvalue weighted by atomic mass is 14.9. The molecule has 100 valence electrons. The first kappa shape index (κ1) is 12.2. The Hall–Kier alpha value is -0.830. The van der Waals surface area contributed by atoms with Crippen LogP contribution in [-0.2, 0) is 6.42 Å². The lowest BCUT2D eigenvalue weighted by Crippen LogP contribution is -2.39. The second-order valence-electron chi connectivity index (χ2n) is 6.10. The fourth-order valence-electron chi connectivity index (χ4n) is 3.89. The van der Waals surface area contributed by atoms with Crippen molar-refractivity contribution in [3.63, 3.8) is 0 Å². The van der Waals surface area contributed by atoms with Gasteiger partial charge < -0.3 is 10.3 Å². The van der Waals surface area contributed by atoms with Crippen LogP contribution in [0, 0.1) is 11.8 Å². The maximum atomic E-state index is 4.06. The summed E-state index contributed by atoms with van der Waals surface area (Å²) in [5, 5.41) is 3.75. The first-order valence-electron chi connectivity index (χ1n) is 7.62. The number of aromatic nitrogens is 2. The molecule has 0 aromatic carbocycles. The molecule has 2 saturated carbocycles. The molecule has 0 bridgehead atoms. The smallest absolute Gasteiger partial charge is 0.0921 e. The molecule has 2 fully saturated rings. The molecule has 18 heavy (non-hydrogen) atoms. The SMILES string of the molecule is c1ncc(CCNC2CCC3CCCCC3C2)[nH]1. The van der Waals surface area contributed by atoms with Crippen molar-refractivity contribution in [3.05, 3.63) is 18.2 Å². The number of aromatic amines is 1. The van der Waals surface area contributed by atoms with Crippen LogP contribution in [0.3, 0.4) is 0 Å². The Labute approximate surface area is 110 Å². The van der Waals surface area contributed by atoms with Crippen LogP contribution in [-0.4, -0.2) is 22.6 Å². The molecule has 2 aliphatic carbocycles. The summed E-state index contributed by atoms with van der Waals surface area (Å²) >= 11 is 0. The van der Waals surface area contributed by atoms with Crippen LogP contribution < -0.4 is 5.32 Å². The third-order valence-corrected chi connectivity index (χ3v) is 4.92. The highest BCUT2D eigenvalue weighted by Gasteiger charge is 2.31. The second kappa shape index (κ2) is 5.87. The Morgan fingerprint density at radius 2 is 2.06 bits per heavy atom. The Balaban J connectivity index is 1.41. The Bertz CT molecular complexity index is 347. The van der Waals surface area contributed by atoms with Gasteiger partial charge in [-0.2, -0.15) is 0 Å². The van der Waals surface area contributed by atoms with Gasteiger partial charge in [-0.05, 0) is 31.1 Å². The molecule has 0 spiro atoms. The molecule has 3 atom stereocenters. The Kier molecular flexibility index (Phi) is 3.99. The van der Waals surface area contributed by atoms with Crippen molar-refractivity contribution in [1.82, 2.24) is 15.3 Å². The summed E-state index contributed by atoms with van der Waals surface area (Å²) in [6.07, 6.45) is 15.0. The number of rotatable bonds is 4. The van der Waals surface area contributed by atoms with Crippen molar-refractivity contribution in [1.29, 1.82) is 0 Å². The van der Waals surface area contributed by atoms with E-state index in [4.69, 9.17) is 0 Å². The normalized spacial score (nSPS) is 32.1. The third-order valence-electron chi connectivity index (χ3n) is 4.92. The van der Waals surface area contributed by atoms with Crippen LogP contribution in [0.4, 0.5) is 0 Å². The minimum Gasteiger partial charge on any atom is -0.348 e. The van der Waals surface area contributed by atoms with Gasteiger partial charge in [-0.3, -0.25) is 0 Å². The zero-order chi connectivity index (χ0) is 12.2. The largest absolute Gasteiger partial charge is 0.348 e. The lowest BCUT2D eigenvalue weighted by atomic mass is 9.69. The first-order valence-corrected chi connectivity index (χ1v) is 7.62. The Morgan fingerprint density at radius 3 is 2.89 bits per heavy atom. The number of imidazole rings is 1. The predicted molar refractivity (Wildman–Crippen MR) is 73.4 cm³/mol. The average Bonchev–Trinajstić information content (AvgIpc) is 2.92. The van der Waals surface area contributed by atoms with Gasteiger partial charge in [0.15, 0.2) is 0 Å². The molecular formula is C15H25N3. The third kappa shape index (κ3) is 2.94. The molecule has 2 N–H and O–H groups in total. The van der Waals surface area contributed by atoms with Crippen LogP contribution in [0.2, 0.25) is 0 Å². The average molecular weight is 247 g/mol. The van der Waals surface area contributed by atoms with E-state index in [1.807, 2.05) is 6.20 Å². The standard InChI is InChI=1S/C15H25N3/c1-2-4-13-9-14(6-5-12(13)3-1)17-8-7-15-10-16-11-18-15/h10-14,17H,1-9H2,(H,16,18). The Morgan fingerprint density at radius 1 is 1.17 bits per heavy atom. The number of nitrogens with zero attached hydrogens (tertiary/aromatic N) is 1. The molecule has 3 heteroatoms. The minimum absolute atomic E-state index is 0.771. The fraction of sp³-hybridized carbons (Fsp3) is 0.800. The van der Waals surface area contributed by atoms with Gasteiger partial charge in [0.25, 0.3) is 0 Å². The molecule has 1 aromatic rings. The van der Waals surface area contributed by atoms with Crippen LogP contribution in [0.25, 0.3) is 0 Å². The van der Waals surface area contributed by atoms with Gasteiger partial charge in [0.05, 0.1) is 6.33 Å². The zero-order valence-corrected chi connectivity index (χ0v) is 11.2. The number of hydrogen-bond donors (Lipinski definition) is 2. The lowest BCUT2D eigenvalue weighted by Gasteiger charge is -2.39. The molecule has 0 saturated heterocycles. The topological polar surface area (TPSA) is 40.7 Å². The minimum atomic E-state index is 0.771. The van der Waals surface area contributed by atoms with Gasteiger partial charge in [0, 0.05) is 30.9 Å². The molecule has 0 amide bonds. The summed E-state index contributed by atoms with van der Waals surface area (Å²) in [4.78, 5) is 7.23.